The number of benzene rings is 2. The molecule has 1 heterocycles. The van der Waals surface area contributed by atoms with Crippen LogP contribution in [0.4, 0.5) is 14.5 Å². The fraction of sp³-hybridized carbons (Fsp3) is 0.238. The van der Waals surface area contributed by atoms with Gasteiger partial charge in [0.05, 0.1) is 17.9 Å². The molecule has 1 aromatic heterocycles. The summed E-state index contributed by atoms with van der Waals surface area (Å²) >= 11 is 1.19. The highest BCUT2D eigenvalue weighted by atomic mass is 32.2. The molecule has 0 radical (unpaired) electrons. The second-order valence-corrected chi connectivity index (χ2v) is 7.81. The highest BCUT2D eigenvalue weighted by Gasteiger charge is 2.18. The molecule has 0 bridgehead atoms. The fourth-order valence-corrected chi connectivity index (χ4v) is 3.69. The van der Waals surface area contributed by atoms with Crippen molar-refractivity contribution < 1.29 is 18.4 Å². The largest absolute Gasteiger partial charge is 0.345 e. The molecule has 2 aromatic carbocycles. The van der Waals surface area contributed by atoms with Gasteiger partial charge < -0.3 is 15.2 Å². The maximum Gasteiger partial charge on any atom is 0.254 e. The minimum absolute atomic E-state index is 0.0296. The van der Waals surface area contributed by atoms with Crippen molar-refractivity contribution in [3.8, 4) is 0 Å². The van der Waals surface area contributed by atoms with E-state index in [1.807, 2.05) is 13.8 Å². The van der Waals surface area contributed by atoms with Gasteiger partial charge in [-0.15, -0.1) is 10.2 Å². The number of carbonyl (C=O) groups is 2. The Balaban J connectivity index is 1.62. The number of halogens is 2. The molecule has 162 valence electrons. The van der Waals surface area contributed by atoms with Crippen molar-refractivity contribution in [2.75, 3.05) is 11.1 Å². The van der Waals surface area contributed by atoms with Crippen LogP contribution in [0, 0.1) is 11.6 Å². The van der Waals surface area contributed by atoms with Gasteiger partial charge >= 0.3 is 0 Å². The molecule has 0 atom stereocenters. The summed E-state index contributed by atoms with van der Waals surface area (Å²) in [7, 11) is 0. The molecule has 10 heteroatoms. The van der Waals surface area contributed by atoms with E-state index in [2.05, 4.69) is 20.8 Å². The van der Waals surface area contributed by atoms with E-state index in [0.29, 0.717) is 16.7 Å². The van der Waals surface area contributed by atoms with Crippen LogP contribution in [0.2, 0.25) is 0 Å². The topological polar surface area (TPSA) is 88.9 Å². The van der Waals surface area contributed by atoms with Gasteiger partial charge in [-0.1, -0.05) is 23.9 Å². The van der Waals surface area contributed by atoms with Crippen LogP contribution in [0.3, 0.4) is 0 Å². The average Bonchev–Trinajstić information content (AvgIpc) is 3.16. The zero-order valence-corrected chi connectivity index (χ0v) is 17.7. The molecule has 0 aliphatic heterocycles. The molecule has 3 aromatic rings. The number of nitrogens with zero attached hydrogens (tertiary/aromatic N) is 3. The monoisotopic (exact) mass is 445 g/mol. The standard InChI is InChI=1S/C21H21F2N5O2S/c1-13(2)28-18(11-24-20(30)16-5-3-4-6-17(16)23)26-27-21(28)31-12-19(29)25-15-9-7-14(22)8-10-15/h3-10,13H,11-12H2,1-2H3,(H,24,30)(H,25,29). The van der Waals surface area contributed by atoms with Crippen LogP contribution in [-0.2, 0) is 11.3 Å². The Bertz CT molecular complexity index is 1070. The van der Waals surface area contributed by atoms with Gasteiger partial charge in [-0.05, 0) is 50.2 Å². The first kappa shape index (κ1) is 22.4. The summed E-state index contributed by atoms with van der Waals surface area (Å²) in [5.74, 6) is -1.25. The number of hydrogen-bond donors (Lipinski definition) is 2. The van der Waals surface area contributed by atoms with E-state index in [9.17, 15) is 18.4 Å². The third-order valence-corrected chi connectivity index (χ3v) is 5.18. The van der Waals surface area contributed by atoms with Crippen molar-refractivity contribution >= 4 is 29.3 Å². The highest BCUT2D eigenvalue weighted by Crippen LogP contribution is 2.22. The summed E-state index contributed by atoms with van der Waals surface area (Å²) in [6, 6.07) is 11.2. The van der Waals surface area contributed by atoms with Gasteiger partial charge in [-0.3, -0.25) is 9.59 Å². The highest BCUT2D eigenvalue weighted by molar-refractivity contribution is 7.99. The molecule has 2 N–H and O–H groups in total. The average molecular weight is 445 g/mol. The van der Waals surface area contributed by atoms with E-state index >= 15 is 0 Å². The van der Waals surface area contributed by atoms with Crippen LogP contribution in [0.5, 0.6) is 0 Å². The SMILES string of the molecule is CC(C)n1c(CNC(=O)c2ccccc2F)nnc1SCC(=O)Nc1ccc(F)cc1. The maximum absolute atomic E-state index is 13.8. The van der Waals surface area contributed by atoms with Gasteiger partial charge in [0.2, 0.25) is 5.91 Å². The molecule has 0 unspecified atom stereocenters. The lowest BCUT2D eigenvalue weighted by atomic mass is 10.2. The van der Waals surface area contributed by atoms with Crippen molar-refractivity contribution in [2.45, 2.75) is 31.6 Å². The van der Waals surface area contributed by atoms with Gasteiger partial charge in [0.25, 0.3) is 5.91 Å². The molecular weight excluding hydrogens is 424 g/mol. The van der Waals surface area contributed by atoms with Gasteiger partial charge in [0.1, 0.15) is 11.6 Å². The van der Waals surface area contributed by atoms with E-state index in [1.165, 1.54) is 54.2 Å². The molecule has 0 spiro atoms. The molecule has 0 aliphatic carbocycles. The first-order valence-corrected chi connectivity index (χ1v) is 10.5. The molecule has 0 fully saturated rings. The number of carbonyl (C=O) groups excluding carboxylic acids is 2. The van der Waals surface area contributed by atoms with Crippen LogP contribution in [0.15, 0.2) is 53.7 Å². The Labute approximate surface area is 182 Å². The number of thioether (sulfide) groups is 1. The lowest BCUT2D eigenvalue weighted by molar-refractivity contribution is -0.113. The molecule has 0 saturated carbocycles. The summed E-state index contributed by atoms with van der Waals surface area (Å²) < 4.78 is 28.5. The number of anilines is 1. The Hall–Kier alpha value is -3.27. The molecule has 3 rings (SSSR count). The molecular formula is C21H21F2N5O2S. The van der Waals surface area contributed by atoms with Crippen LogP contribution < -0.4 is 10.6 Å². The van der Waals surface area contributed by atoms with E-state index in [4.69, 9.17) is 0 Å². The van der Waals surface area contributed by atoms with Gasteiger partial charge in [0.15, 0.2) is 11.0 Å². The predicted molar refractivity (Wildman–Crippen MR) is 114 cm³/mol. The zero-order valence-electron chi connectivity index (χ0n) is 16.9. The first-order valence-electron chi connectivity index (χ1n) is 9.50. The summed E-state index contributed by atoms with van der Waals surface area (Å²) in [6.45, 7) is 3.91. The number of nitrogens with one attached hydrogen (secondary N) is 2. The van der Waals surface area contributed by atoms with Crippen LogP contribution >= 0.6 is 11.8 Å². The Morgan fingerprint density at radius 2 is 1.77 bits per heavy atom. The Kier molecular flexibility index (Phi) is 7.35. The van der Waals surface area contributed by atoms with Crippen LogP contribution in [0.25, 0.3) is 0 Å². The minimum atomic E-state index is -0.603. The minimum Gasteiger partial charge on any atom is -0.345 e. The Morgan fingerprint density at radius 3 is 2.45 bits per heavy atom. The second-order valence-electron chi connectivity index (χ2n) is 6.87. The summed E-state index contributed by atoms with van der Waals surface area (Å²) in [5.41, 5.74) is 0.444. The van der Waals surface area contributed by atoms with Crippen LogP contribution in [0.1, 0.15) is 36.1 Å². The first-order chi connectivity index (χ1) is 14.8. The quantitative estimate of drug-likeness (QED) is 0.515. The van der Waals surface area contributed by atoms with Gasteiger partial charge in [-0.25, -0.2) is 8.78 Å². The van der Waals surface area contributed by atoms with E-state index in [1.54, 1.807) is 10.6 Å². The zero-order chi connectivity index (χ0) is 22.4. The smallest absolute Gasteiger partial charge is 0.254 e. The predicted octanol–water partition coefficient (Wildman–Crippen LogP) is 3.80. The van der Waals surface area contributed by atoms with E-state index < -0.39 is 11.7 Å². The van der Waals surface area contributed by atoms with Gasteiger partial charge in [0, 0.05) is 11.7 Å². The number of rotatable bonds is 8. The Morgan fingerprint density at radius 1 is 1.06 bits per heavy atom. The normalized spacial score (nSPS) is 10.9. The lowest BCUT2D eigenvalue weighted by Crippen LogP contribution is -2.26. The summed E-state index contributed by atoms with van der Waals surface area (Å²) in [4.78, 5) is 24.4. The maximum atomic E-state index is 13.8. The van der Waals surface area contributed by atoms with Crippen molar-refractivity contribution in [2.24, 2.45) is 0 Å². The van der Waals surface area contributed by atoms with Gasteiger partial charge in [-0.2, -0.15) is 0 Å². The van der Waals surface area contributed by atoms with E-state index in [0.717, 1.165) is 0 Å². The number of amides is 2. The van der Waals surface area contributed by atoms with Crippen molar-refractivity contribution in [1.29, 1.82) is 0 Å². The molecule has 2 amide bonds. The van der Waals surface area contributed by atoms with E-state index in [-0.39, 0.29) is 35.6 Å². The molecule has 31 heavy (non-hydrogen) atoms. The third kappa shape index (κ3) is 5.88. The van der Waals surface area contributed by atoms with Crippen LogP contribution in [-0.4, -0.2) is 32.3 Å². The third-order valence-electron chi connectivity index (χ3n) is 4.24. The summed E-state index contributed by atoms with van der Waals surface area (Å²) in [5, 5.41) is 14.1. The number of aromatic nitrogens is 3. The fourth-order valence-electron chi connectivity index (χ4n) is 2.81. The molecule has 0 saturated heterocycles. The van der Waals surface area contributed by atoms with Crippen molar-refractivity contribution in [3.63, 3.8) is 0 Å². The lowest BCUT2D eigenvalue weighted by Gasteiger charge is -2.14. The molecule has 0 aliphatic rings. The summed E-state index contributed by atoms with van der Waals surface area (Å²) in [6.07, 6.45) is 0. The second kappa shape index (κ2) is 10.2. The number of hydrogen-bond acceptors (Lipinski definition) is 5. The van der Waals surface area contributed by atoms with Crippen molar-refractivity contribution in [3.05, 3.63) is 71.6 Å². The molecule has 7 nitrogen and oxygen atoms in total. The van der Waals surface area contributed by atoms with Crippen molar-refractivity contribution in [1.82, 2.24) is 20.1 Å².